The molecule has 0 aliphatic carbocycles. The summed E-state index contributed by atoms with van der Waals surface area (Å²) in [4.78, 5) is 4.44. The van der Waals surface area contributed by atoms with E-state index in [1.54, 1.807) is 31.4 Å². The van der Waals surface area contributed by atoms with Crippen molar-refractivity contribution in [2.45, 2.75) is 37.7 Å². The molecule has 0 fully saturated rings. The van der Waals surface area contributed by atoms with Crippen LogP contribution in [0.2, 0.25) is 0 Å². The molecule has 0 spiro atoms. The minimum absolute atomic E-state index is 0.187. The fourth-order valence-corrected chi connectivity index (χ4v) is 3.83. The van der Waals surface area contributed by atoms with Crippen molar-refractivity contribution in [3.63, 3.8) is 0 Å². The third-order valence-electron chi connectivity index (χ3n) is 4.63. The summed E-state index contributed by atoms with van der Waals surface area (Å²) in [5.41, 5.74) is 2.01. The molecule has 3 heterocycles. The maximum atomic E-state index is 13.9. The van der Waals surface area contributed by atoms with E-state index in [0.717, 1.165) is 11.3 Å². The van der Waals surface area contributed by atoms with Crippen LogP contribution in [0.15, 0.2) is 57.3 Å². The van der Waals surface area contributed by atoms with Gasteiger partial charge < -0.3 is 8.94 Å². The van der Waals surface area contributed by atoms with Gasteiger partial charge in [-0.25, -0.2) is 4.39 Å². The van der Waals surface area contributed by atoms with E-state index in [1.165, 1.54) is 17.8 Å². The Kier molecular flexibility index (Phi) is 5.54. The van der Waals surface area contributed by atoms with Crippen LogP contribution in [-0.4, -0.2) is 24.9 Å². The van der Waals surface area contributed by atoms with Crippen LogP contribution < -0.4 is 0 Å². The molecule has 9 heteroatoms. The highest BCUT2D eigenvalue weighted by atomic mass is 32.2. The smallest absolute Gasteiger partial charge is 0.240 e. The predicted molar refractivity (Wildman–Crippen MR) is 111 cm³/mol. The highest BCUT2D eigenvalue weighted by Crippen LogP contribution is 2.36. The summed E-state index contributed by atoms with van der Waals surface area (Å²) in [5.74, 6) is 1.94. The zero-order chi connectivity index (χ0) is 21.3. The number of allylic oxidation sites excluding steroid dienone is 1. The van der Waals surface area contributed by atoms with Crippen LogP contribution >= 0.6 is 11.8 Å². The summed E-state index contributed by atoms with van der Waals surface area (Å²) in [5, 5.41) is 13.2. The van der Waals surface area contributed by atoms with E-state index in [2.05, 4.69) is 26.9 Å². The molecule has 0 amide bonds. The number of rotatable bonds is 7. The molecule has 1 atom stereocenters. The third kappa shape index (κ3) is 3.80. The summed E-state index contributed by atoms with van der Waals surface area (Å²) in [6, 6.07) is 6.73. The van der Waals surface area contributed by atoms with Crippen molar-refractivity contribution in [2.24, 2.45) is 0 Å². The lowest BCUT2D eigenvalue weighted by Crippen LogP contribution is -2.02. The minimum atomic E-state index is -0.305. The molecule has 0 N–H and O–H groups in total. The molecule has 4 rings (SSSR count). The number of aromatic nitrogens is 5. The molecule has 30 heavy (non-hydrogen) atoms. The molecule has 3 aromatic heterocycles. The van der Waals surface area contributed by atoms with E-state index in [9.17, 15) is 4.39 Å². The second-order valence-corrected chi connectivity index (χ2v) is 8.08. The first-order chi connectivity index (χ1) is 14.5. The summed E-state index contributed by atoms with van der Waals surface area (Å²) < 4.78 is 26.6. The standard InChI is InChI=1S/C21H20FN5O2S/c1-5-9-27-19(16-8-10-28-13(16)3)24-25-21(27)30-14(4)20-23-18(26-29-20)15-7-6-12(2)17(22)11-15/h5-8,10-11,14H,1,9H2,2-4H3. The second kappa shape index (κ2) is 8.27. The van der Waals surface area contributed by atoms with E-state index in [4.69, 9.17) is 8.94 Å². The van der Waals surface area contributed by atoms with E-state index < -0.39 is 0 Å². The van der Waals surface area contributed by atoms with Crippen molar-refractivity contribution in [3.8, 4) is 22.8 Å². The predicted octanol–water partition coefficient (Wildman–Crippen LogP) is 5.38. The maximum Gasteiger partial charge on any atom is 0.240 e. The lowest BCUT2D eigenvalue weighted by atomic mass is 10.1. The van der Waals surface area contributed by atoms with Gasteiger partial charge in [-0.2, -0.15) is 4.98 Å². The summed E-state index contributed by atoms with van der Waals surface area (Å²) in [6.45, 7) is 9.89. The Morgan fingerprint density at radius 1 is 1.27 bits per heavy atom. The molecule has 0 bridgehead atoms. The number of hydrogen-bond acceptors (Lipinski definition) is 7. The van der Waals surface area contributed by atoms with Crippen molar-refractivity contribution in [3.05, 3.63) is 66.2 Å². The van der Waals surface area contributed by atoms with Gasteiger partial charge in [0.05, 0.1) is 17.1 Å². The van der Waals surface area contributed by atoms with Gasteiger partial charge in [-0.1, -0.05) is 35.1 Å². The van der Waals surface area contributed by atoms with Crippen molar-refractivity contribution in [1.29, 1.82) is 0 Å². The van der Waals surface area contributed by atoms with Crippen molar-refractivity contribution in [1.82, 2.24) is 24.9 Å². The van der Waals surface area contributed by atoms with Crippen LogP contribution in [0.5, 0.6) is 0 Å². The van der Waals surface area contributed by atoms with E-state index in [0.29, 0.717) is 40.4 Å². The van der Waals surface area contributed by atoms with E-state index >= 15 is 0 Å². The Hall–Kier alpha value is -3.20. The van der Waals surface area contributed by atoms with Gasteiger partial charge in [0.2, 0.25) is 11.7 Å². The lowest BCUT2D eigenvalue weighted by molar-refractivity contribution is 0.380. The number of thioether (sulfide) groups is 1. The second-order valence-electron chi connectivity index (χ2n) is 6.78. The number of aryl methyl sites for hydroxylation is 2. The van der Waals surface area contributed by atoms with Crippen LogP contribution in [0, 0.1) is 19.7 Å². The molecule has 0 saturated heterocycles. The summed E-state index contributed by atoms with van der Waals surface area (Å²) >= 11 is 1.44. The highest BCUT2D eigenvalue weighted by molar-refractivity contribution is 7.99. The van der Waals surface area contributed by atoms with Gasteiger partial charge in [0.1, 0.15) is 11.6 Å². The molecule has 4 aromatic rings. The quantitative estimate of drug-likeness (QED) is 0.290. The molecule has 7 nitrogen and oxygen atoms in total. The molecule has 1 aromatic carbocycles. The maximum absolute atomic E-state index is 13.9. The molecule has 154 valence electrons. The Bertz CT molecular complexity index is 1200. The number of nitrogens with zero attached hydrogens (tertiary/aromatic N) is 5. The Morgan fingerprint density at radius 2 is 2.10 bits per heavy atom. The van der Waals surface area contributed by atoms with Crippen LogP contribution in [0.1, 0.15) is 29.4 Å². The average Bonchev–Trinajstić information content (AvgIpc) is 3.45. The van der Waals surface area contributed by atoms with Crippen LogP contribution in [0.25, 0.3) is 22.8 Å². The van der Waals surface area contributed by atoms with Gasteiger partial charge in [0.15, 0.2) is 11.0 Å². The van der Waals surface area contributed by atoms with Gasteiger partial charge in [0.25, 0.3) is 0 Å². The zero-order valence-corrected chi connectivity index (χ0v) is 17.6. The van der Waals surface area contributed by atoms with Crippen molar-refractivity contribution < 1.29 is 13.3 Å². The van der Waals surface area contributed by atoms with Gasteiger partial charge in [0, 0.05) is 12.1 Å². The Labute approximate surface area is 177 Å². The first-order valence-corrected chi connectivity index (χ1v) is 10.2. The fourth-order valence-electron chi connectivity index (χ4n) is 2.94. The molecule has 0 radical (unpaired) electrons. The first kappa shape index (κ1) is 20.1. The summed E-state index contributed by atoms with van der Waals surface area (Å²) in [6.07, 6.45) is 3.41. The van der Waals surface area contributed by atoms with Crippen LogP contribution in [-0.2, 0) is 6.54 Å². The third-order valence-corrected chi connectivity index (χ3v) is 5.70. The van der Waals surface area contributed by atoms with Gasteiger partial charge in [-0.3, -0.25) is 4.57 Å². The Morgan fingerprint density at radius 3 is 2.80 bits per heavy atom. The Balaban J connectivity index is 1.58. The van der Waals surface area contributed by atoms with Gasteiger partial charge in [-0.05, 0) is 38.5 Å². The molecule has 1 unspecified atom stereocenters. The fraction of sp³-hybridized carbons (Fsp3) is 0.238. The number of halogens is 1. The minimum Gasteiger partial charge on any atom is -0.469 e. The zero-order valence-electron chi connectivity index (χ0n) is 16.8. The van der Waals surface area contributed by atoms with Crippen LogP contribution in [0.4, 0.5) is 4.39 Å². The van der Waals surface area contributed by atoms with E-state index in [-0.39, 0.29) is 11.1 Å². The SMILES string of the molecule is C=CCn1c(SC(C)c2nc(-c3ccc(C)c(F)c3)no2)nnc1-c1ccoc1C. The molecular formula is C21H20FN5O2S. The van der Waals surface area contributed by atoms with Crippen LogP contribution in [0.3, 0.4) is 0 Å². The molecular weight excluding hydrogens is 405 g/mol. The number of furan rings is 1. The number of hydrogen-bond donors (Lipinski definition) is 0. The topological polar surface area (TPSA) is 82.8 Å². The average molecular weight is 425 g/mol. The van der Waals surface area contributed by atoms with Gasteiger partial charge >= 0.3 is 0 Å². The largest absolute Gasteiger partial charge is 0.469 e. The molecule has 0 aliphatic heterocycles. The van der Waals surface area contributed by atoms with E-state index in [1.807, 2.05) is 24.5 Å². The monoisotopic (exact) mass is 425 g/mol. The normalized spacial score (nSPS) is 12.3. The van der Waals surface area contributed by atoms with Gasteiger partial charge in [-0.15, -0.1) is 16.8 Å². The highest BCUT2D eigenvalue weighted by Gasteiger charge is 2.22. The van der Waals surface area contributed by atoms with Crippen molar-refractivity contribution in [2.75, 3.05) is 0 Å². The summed E-state index contributed by atoms with van der Waals surface area (Å²) in [7, 11) is 0. The van der Waals surface area contributed by atoms with Crippen molar-refractivity contribution >= 4 is 11.8 Å². The first-order valence-electron chi connectivity index (χ1n) is 9.33. The molecule has 0 aliphatic rings. The molecule has 0 saturated carbocycles. The lowest BCUT2D eigenvalue weighted by Gasteiger charge is -2.09. The number of benzene rings is 1.